The minimum Gasteiger partial charge on any atom is -0.465 e. The summed E-state index contributed by atoms with van der Waals surface area (Å²) in [6, 6.07) is 5.34. The van der Waals surface area contributed by atoms with Crippen LogP contribution in [-0.4, -0.2) is 22.6 Å². The molecule has 0 amide bonds. The van der Waals surface area contributed by atoms with Gasteiger partial charge in [-0.25, -0.2) is 4.79 Å². The first kappa shape index (κ1) is 11.6. The summed E-state index contributed by atoms with van der Waals surface area (Å²) in [5, 5.41) is 0. The van der Waals surface area contributed by atoms with E-state index in [0.717, 1.165) is 29.9 Å². The minimum atomic E-state index is -0.605. The number of aryl methyl sites for hydroxylation is 2. The molecule has 96 valence electrons. The molecule has 0 bridgehead atoms. The summed E-state index contributed by atoms with van der Waals surface area (Å²) in [5.74, 6) is -0.605. The topological polar surface area (TPSA) is 61.2 Å². The standard InChI is InChI=1S/C14H12N2O3/c1-19-14(18)10-8-16-6-4-9-3-2-5-15-13(9)11(16)7-12(10)17/h2-3,5,7-8H,4,6H2,1H3. The zero-order chi connectivity index (χ0) is 13.4. The minimum absolute atomic E-state index is 0.0608. The first-order chi connectivity index (χ1) is 9.20. The molecule has 0 aromatic carbocycles. The van der Waals surface area contributed by atoms with Gasteiger partial charge >= 0.3 is 5.97 Å². The fourth-order valence-corrected chi connectivity index (χ4v) is 2.34. The third-order valence-electron chi connectivity index (χ3n) is 3.29. The molecule has 2 aromatic heterocycles. The van der Waals surface area contributed by atoms with Gasteiger partial charge in [0.15, 0.2) is 5.43 Å². The molecular weight excluding hydrogens is 244 g/mol. The molecule has 5 heteroatoms. The molecule has 0 N–H and O–H groups in total. The Labute approximate surface area is 109 Å². The number of ether oxygens (including phenoxy) is 1. The maximum absolute atomic E-state index is 12.0. The van der Waals surface area contributed by atoms with Crippen molar-refractivity contribution in [1.82, 2.24) is 9.55 Å². The van der Waals surface area contributed by atoms with Gasteiger partial charge in [0.1, 0.15) is 5.56 Å². The van der Waals surface area contributed by atoms with Gasteiger partial charge in [-0.3, -0.25) is 9.78 Å². The number of aromatic nitrogens is 2. The van der Waals surface area contributed by atoms with Crippen molar-refractivity contribution in [3.63, 3.8) is 0 Å². The van der Waals surface area contributed by atoms with Crippen LogP contribution in [0.5, 0.6) is 0 Å². The van der Waals surface area contributed by atoms with E-state index in [0.29, 0.717) is 0 Å². The van der Waals surface area contributed by atoms with Crippen LogP contribution in [0, 0.1) is 0 Å². The van der Waals surface area contributed by atoms with E-state index in [4.69, 9.17) is 0 Å². The fourth-order valence-electron chi connectivity index (χ4n) is 2.34. The number of rotatable bonds is 1. The predicted octanol–water partition coefficient (Wildman–Crippen LogP) is 1.25. The van der Waals surface area contributed by atoms with Crippen molar-refractivity contribution in [2.45, 2.75) is 13.0 Å². The molecule has 0 saturated carbocycles. The molecule has 0 saturated heterocycles. The molecule has 0 atom stereocenters. The molecule has 5 nitrogen and oxygen atoms in total. The molecule has 19 heavy (non-hydrogen) atoms. The highest BCUT2D eigenvalue weighted by Gasteiger charge is 2.20. The molecule has 1 aliphatic heterocycles. The Morgan fingerprint density at radius 2 is 2.32 bits per heavy atom. The highest BCUT2D eigenvalue weighted by atomic mass is 16.5. The third kappa shape index (κ3) is 1.83. The average Bonchev–Trinajstić information content (AvgIpc) is 2.45. The number of pyridine rings is 2. The molecule has 0 fully saturated rings. The number of hydrogen-bond donors (Lipinski definition) is 0. The Kier molecular flexibility index (Phi) is 2.67. The van der Waals surface area contributed by atoms with Crippen LogP contribution < -0.4 is 5.43 Å². The zero-order valence-corrected chi connectivity index (χ0v) is 10.4. The van der Waals surface area contributed by atoms with Gasteiger partial charge in [0.05, 0.1) is 18.5 Å². The quantitative estimate of drug-likeness (QED) is 0.720. The van der Waals surface area contributed by atoms with E-state index >= 15 is 0 Å². The second kappa shape index (κ2) is 4.35. The van der Waals surface area contributed by atoms with Gasteiger partial charge in [-0.15, -0.1) is 0 Å². The van der Waals surface area contributed by atoms with Crippen LogP contribution in [0.15, 0.2) is 35.4 Å². The van der Waals surface area contributed by atoms with Crippen molar-refractivity contribution in [3.05, 3.63) is 51.9 Å². The second-order valence-corrected chi connectivity index (χ2v) is 4.38. The predicted molar refractivity (Wildman–Crippen MR) is 69.0 cm³/mol. The fraction of sp³-hybridized carbons (Fsp3) is 0.214. The molecule has 3 rings (SSSR count). The number of methoxy groups -OCH3 is 1. The summed E-state index contributed by atoms with van der Waals surface area (Å²) in [7, 11) is 1.27. The maximum atomic E-state index is 12.0. The van der Waals surface area contributed by atoms with Crippen molar-refractivity contribution >= 4 is 5.97 Å². The van der Waals surface area contributed by atoms with Gasteiger partial charge in [-0.2, -0.15) is 0 Å². The normalized spacial score (nSPS) is 12.5. The Morgan fingerprint density at radius 1 is 1.47 bits per heavy atom. The molecule has 0 spiro atoms. The largest absolute Gasteiger partial charge is 0.465 e. The van der Waals surface area contributed by atoms with E-state index in [2.05, 4.69) is 9.72 Å². The molecule has 2 aromatic rings. The number of carbonyl (C=O) groups excluding carboxylic acids is 1. The lowest BCUT2D eigenvalue weighted by molar-refractivity contribution is 0.0598. The van der Waals surface area contributed by atoms with Crippen molar-refractivity contribution in [2.24, 2.45) is 0 Å². The Morgan fingerprint density at radius 3 is 3.11 bits per heavy atom. The highest BCUT2D eigenvalue weighted by Crippen LogP contribution is 2.25. The molecular formula is C14H12N2O3. The first-order valence-corrected chi connectivity index (χ1v) is 5.98. The van der Waals surface area contributed by atoms with E-state index < -0.39 is 5.97 Å². The van der Waals surface area contributed by atoms with Gasteiger partial charge in [-0.05, 0) is 18.1 Å². The van der Waals surface area contributed by atoms with Gasteiger partial charge in [0, 0.05) is 25.0 Å². The van der Waals surface area contributed by atoms with Gasteiger partial charge in [-0.1, -0.05) is 6.07 Å². The van der Waals surface area contributed by atoms with E-state index in [-0.39, 0.29) is 11.0 Å². The van der Waals surface area contributed by atoms with E-state index in [1.807, 2.05) is 16.7 Å². The van der Waals surface area contributed by atoms with Crippen LogP contribution in [0.4, 0.5) is 0 Å². The summed E-state index contributed by atoms with van der Waals surface area (Å²) in [6.07, 6.45) is 4.09. The van der Waals surface area contributed by atoms with Crippen LogP contribution in [0.2, 0.25) is 0 Å². The maximum Gasteiger partial charge on any atom is 0.343 e. The molecule has 0 unspecified atom stereocenters. The van der Waals surface area contributed by atoms with Crippen LogP contribution >= 0.6 is 0 Å². The zero-order valence-electron chi connectivity index (χ0n) is 10.4. The summed E-state index contributed by atoms with van der Waals surface area (Å²) < 4.78 is 6.49. The lowest BCUT2D eigenvalue weighted by atomic mass is 10.0. The number of hydrogen-bond acceptors (Lipinski definition) is 4. The highest BCUT2D eigenvalue weighted by molar-refractivity contribution is 5.89. The van der Waals surface area contributed by atoms with Crippen LogP contribution in [0.1, 0.15) is 15.9 Å². The summed E-state index contributed by atoms with van der Waals surface area (Å²) >= 11 is 0. The summed E-state index contributed by atoms with van der Waals surface area (Å²) in [6.45, 7) is 0.721. The van der Waals surface area contributed by atoms with Gasteiger partial charge in [0.2, 0.25) is 0 Å². The smallest absolute Gasteiger partial charge is 0.343 e. The Balaban J connectivity index is 2.21. The lowest BCUT2D eigenvalue weighted by Crippen LogP contribution is -2.23. The lowest BCUT2D eigenvalue weighted by Gasteiger charge is -2.21. The van der Waals surface area contributed by atoms with Crippen molar-refractivity contribution in [3.8, 4) is 11.4 Å². The number of fused-ring (bicyclic) bond motifs is 3. The van der Waals surface area contributed by atoms with E-state index in [1.54, 1.807) is 12.4 Å². The summed E-state index contributed by atoms with van der Waals surface area (Å²) in [5.41, 5.74) is 2.40. The number of nitrogens with zero attached hydrogens (tertiary/aromatic N) is 2. The Bertz CT molecular complexity index is 719. The average molecular weight is 256 g/mol. The monoisotopic (exact) mass is 256 g/mol. The molecule has 0 aliphatic carbocycles. The third-order valence-corrected chi connectivity index (χ3v) is 3.29. The molecule has 0 radical (unpaired) electrons. The Hall–Kier alpha value is -2.43. The second-order valence-electron chi connectivity index (χ2n) is 4.38. The number of carbonyl (C=O) groups is 1. The summed E-state index contributed by atoms with van der Waals surface area (Å²) in [4.78, 5) is 27.8. The van der Waals surface area contributed by atoms with E-state index in [1.165, 1.54) is 13.2 Å². The van der Waals surface area contributed by atoms with Gasteiger partial charge in [0.25, 0.3) is 0 Å². The van der Waals surface area contributed by atoms with Crippen LogP contribution in [-0.2, 0) is 17.7 Å². The van der Waals surface area contributed by atoms with Crippen molar-refractivity contribution < 1.29 is 9.53 Å². The molecule has 3 heterocycles. The van der Waals surface area contributed by atoms with Crippen molar-refractivity contribution in [2.75, 3.05) is 7.11 Å². The first-order valence-electron chi connectivity index (χ1n) is 5.98. The van der Waals surface area contributed by atoms with Gasteiger partial charge < -0.3 is 9.30 Å². The van der Waals surface area contributed by atoms with Crippen LogP contribution in [0.25, 0.3) is 11.4 Å². The van der Waals surface area contributed by atoms with Crippen LogP contribution in [0.3, 0.4) is 0 Å². The molecule has 1 aliphatic rings. The van der Waals surface area contributed by atoms with E-state index in [9.17, 15) is 9.59 Å². The number of esters is 1. The SMILES string of the molecule is COC(=O)c1cn2c(cc1=O)-c1ncccc1CC2. The van der Waals surface area contributed by atoms with Crippen molar-refractivity contribution in [1.29, 1.82) is 0 Å².